The minimum absolute atomic E-state index is 0.185. The second-order valence-electron chi connectivity index (χ2n) is 4.68. The van der Waals surface area contributed by atoms with Crippen LogP contribution in [0.1, 0.15) is 72.1 Å². The number of carbonyl (C=O) groups excluding carboxylic acids is 1. The zero-order chi connectivity index (χ0) is 12.9. The molecule has 0 amide bonds. The Morgan fingerprint density at radius 1 is 1.00 bits per heavy atom. The van der Waals surface area contributed by atoms with Gasteiger partial charge in [0.05, 0.1) is 6.61 Å². The Labute approximate surface area is 106 Å². The van der Waals surface area contributed by atoms with Crippen LogP contribution in [-0.2, 0) is 9.53 Å². The van der Waals surface area contributed by atoms with Crippen molar-refractivity contribution in [2.75, 3.05) is 6.61 Å². The molecule has 0 aromatic heterocycles. The van der Waals surface area contributed by atoms with Gasteiger partial charge in [0.25, 0.3) is 0 Å². The number of unbranched alkanes of at least 4 members (excludes halogenated alkanes) is 5. The number of esters is 1. The maximum absolute atomic E-state index is 11.3. The normalized spacial score (nSPS) is 11.6. The van der Waals surface area contributed by atoms with Gasteiger partial charge in [-0.05, 0) is 26.2 Å². The first-order valence-electron chi connectivity index (χ1n) is 7.04. The number of hydrogen-bond donors (Lipinski definition) is 0. The average Bonchev–Trinajstić information content (AvgIpc) is 2.31. The fourth-order valence-corrected chi connectivity index (χ4v) is 1.70. The lowest BCUT2D eigenvalue weighted by molar-refractivity contribution is -0.137. The molecule has 17 heavy (non-hydrogen) atoms. The molecule has 0 saturated heterocycles. The van der Waals surface area contributed by atoms with Crippen molar-refractivity contribution >= 4 is 5.97 Å². The highest BCUT2D eigenvalue weighted by molar-refractivity contribution is 5.82. The Bertz CT molecular complexity index is 219. The van der Waals surface area contributed by atoms with Crippen molar-refractivity contribution in [2.24, 2.45) is 0 Å². The zero-order valence-corrected chi connectivity index (χ0v) is 11.8. The molecule has 0 saturated carbocycles. The quantitative estimate of drug-likeness (QED) is 0.316. The van der Waals surface area contributed by atoms with Gasteiger partial charge in [0.2, 0.25) is 0 Å². The molecule has 100 valence electrons. The summed E-state index contributed by atoms with van der Waals surface area (Å²) in [6.07, 6.45) is 11.3. The number of ether oxygens (including phenoxy) is 1. The van der Waals surface area contributed by atoms with Crippen molar-refractivity contribution in [2.45, 2.75) is 72.1 Å². The van der Waals surface area contributed by atoms with Crippen molar-refractivity contribution in [1.29, 1.82) is 0 Å². The molecule has 0 fully saturated rings. The molecule has 0 spiro atoms. The van der Waals surface area contributed by atoms with Crippen molar-refractivity contribution in [3.63, 3.8) is 0 Å². The van der Waals surface area contributed by atoms with E-state index in [0.717, 1.165) is 18.4 Å². The van der Waals surface area contributed by atoms with Crippen LogP contribution in [0.2, 0.25) is 0 Å². The van der Waals surface area contributed by atoms with E-state index in [-0.39, 0.29) is 5.97 Å². The fourth-order valence-electron chi connectivity index (χ4n) is 1.70. The van der Waals surface area contributed by atoms with Crippen LogP contribution in [0, 0.1) is 0 Å². The van der Waals surface area contributed by atoms with Gasteiger partial charge >= 0.3 is 5.97 Å². The summed E-state index contributed by atoms with van der Waals surface area (Å²) in [6.45, 7) is 6.77. The summed E-state index contributed by atoms with van der Waals surface area (Å²) in [5.41, 5.74) is 1.14. The molecule has 0 rings (SSSR count). The van der Waals surface area contributed by atoms with Crippen LogP contribution >= 0.6 is 0 Å². The molecule has 0 N–H and O–H groups in total. The van der Waals surface area contributed by atoms with Gasteiger partial charge in [-0.25, -0.2) is 4.79 Å². The summed E-state index contributed by atoms with van der Waals surface area (Å²) in [7, 11) is 0. The van der Waals surface area contributed by atoms with Crippen LogP contribution < -0.4 is 0 Å². The van der Waals surface area contributed by atoms with Gasteiger partial charge in [0.15, 0.2) is 0 Å². The van der Waals surface area contributed by atoms with Crippen LogP contribution in [0.4, 0.5) is 0 Å². The monoisotopic (exact) mass is 240 g/mol. The zero-order valence-electron chi connectivity index (χ0n) is 11.8. The lowest BCUT2D eigenvalue weighted by atomic mass is 10.1. The van der Waals surface area contributed by atoms with Gasteiger partial charge in [-0.2, -0.15) is 0 Å². The van der Waals surface area contributed by atoms with Gasteiger partial charge in [0, 0.05) is 6.08 Å². The molecule has 0 aromatic carbocycles. The van der Waals surface area contributed by atoms with E-state index in [2.05, 4.69) is 6.92 Å². The average molecular weight is 240 g/mol. The smallest absolute Gasteiger partial charge is 0.330 e. The first-order valence-corrected chi connectivity index (χ1v) is 7.04. The van der Waals surface area contributed by atoms with E-state index in [1.165, 1.54) is 38.5 Å². The SMILES string of the molecule is CCCCCCCC/C(C)=C/C(=O)OCCC. The Morgan fingerprint density at radius 2 is 1.65 bits per heavy atom. The van der Waals surface area contributed by atoms with Crippen molar-refractivity contribution in [1.82, 2.24) is 0 Å². The number of allylic oxidation sites excluding steroid dienone is 1. The lowest BCUT2D eigenvalue weighted by Gasteiger charge is -2.03. The van der Waals surface area contributed by atoms with E-state index in [1.54, 1.807) is 6.08 Å². The third kappa shape index (κ3) is 11.5. The van der Waals surface area contributed by atoms with Gasteiger partial charge < -0.3 is 4.74 Å². The standard InChI is InChI=1S/C15H28O2/c1-4-6-7-8-9-10-11-14(3)13-15(16)17-12-5-2/h13H,4-12H2,1-3H3/b14-13+. The molecule has 0 unspecified atom stereocenters. The topological polar surface area (TPSA) is 26.3 Å². The Hall–Kier alpha value is -0.790. The highest BCUT2D eigenvalue weighted by Gasteiger charge is 1.99. The lowest BCUT2D eigenvalue weighted by Crippen LogP contribution is -2.02. The molecule has 0 heterocycles. The van der Waals surface area contributed by atoms with E-state index < -0.39 is 0 Å². The van der Waals surface area contributed by atoms with Gasteiger partial charge in [-0.1, -0.05) is 51.5 Å². The van der Waals surface area contributed by atoms with Crippen molar-refractivity contribution < 1.29 is 9.53 Å². The van der Waals surface area contributed by atoms with E-state index in [4.69, 9.17) is 4.74 Å². The molecule has 0 aliphatic carbocycles. The molecule has 0 atom stereocenters. The predicted octanol–water partition coefficient (Wildman–Crippen LogP) is 4.64. The number of rotatable bonds is 10. The molecule has 2 nitrogen and oxygen atoms in total. The summed E-state index contributed by atoms with van der Waals surface area (Å²) in [5.74, 6) is -0.185. The highest BCUT2D eigenvalue weighted by Crippen LogP contribution is 2.11. The molecule has 0 aromatic rings. The molecule has 0 radical (unpaired) electrons. The third-order valence-corrected chi connectivity index (χ3v) is 2.74. The minimum Gasteiger partial charge on any atom is -0.463 e. The van der Waals surface area contributed by atoms with E-state index >= 15 is 0 Å². The van der Waals surface area contributed by atoms with Gasteiger partial charge in [-0.3, -0.25) is 0 Å². The van der Waals surface area contributed by atoms with Gasteiger partial charge in [0.1, 0.15) is 0 Å². The van der Waals surface area contributed by atoms with Crippen LogP contribution in [0.25, 0.3) is 0 Å². The summed E-state index contributed by atoms with van der Waals surface area (Å²) in [4.78, 5) is 11.3. The van der Waals surface area contributed by atoms with Gasteiger partial charge in [-0.15, -0.1) is 0 Å². The molecule has 2 heteroatoms. The maximum atomic E-state index is 11.3. The van der Waals surface area contributed by atoms with Crippen LogP contribution in [0.3, 0.4) is 0 Å². The second-order valence-corrected chi connectivity index (χ2v) is 4.68. The summed E-state index contributed by atoms with van der Waals surface area (Å²) in [6, 6.07) is 0. The first kappa shape index (κ1) is 16.2. The molecular formula is C15H28O2. The summed E-state index contributed by atoms with van der Waals surface area (Å²) in [5, 5.41) is 0. The minimum atomic E-state index is -0.185. The summed E-state index contributed by atoms with van der Waals surface area (Å²) < 4.78 is 5.01. The predicted molar refractivity (Wildman–Crippen MR) is 73.0 cm³/mol. The molecule has 0 bridgehead atoms. The Balaban J connectivity index is 3.52. The molecular weight excluding hydrogens is 212 g/mol. The van der Waals surface area contributed by atoms with E-state index in [9.17, 15) is 4.79 Å². The van der Waals surface area contributed by atoms with E-state index in [1.807, 2.05) is 13.8 Å². The largest absolute Gasteiger partial charge is 0.463 e. The van der Waals surface area contributed by atoms with Crippen molar-refractivity contribution in [3.05, 3.63) is 11.6 Å². The fraction of sp³-hybridized carbons (Fsp3) is 0.800. The van der Waals surface area contributed by atoms with Crippen LogP contribution in [0.5, 0.6) is 0 Å². The van der Waals surface area contributed by atoms with Crippen LogP contribution in [-0.4, -0.2) is 12.6 Å². The summed E-state index contributed by atoms with van der Waals surface area (Å²) >= 11 is 0. The highest BCUT2D eigenvalue weighted by atomic mass is 16.5. The Morgan fingerprint density at radius 3 is 2.29 bits per heavy atom. The van der Waals surface area contributed by atoms with E-state index in [0.29, 0.717) is 6.61 Å². The first-order chi connectivity index (χ1) is 8.20. The third-order valence-electron chi connectivity index (χ3n) is 2.74. The number of carbonyl (C=O) groups is 1. The molecule has 0 aliphatic rings. The number of hydrogen-bond acceptors (Lipinski definition) is 2. The van der Waals surface area contributed by atoms with Crippen LogP contribution in [0.15, 0.2) is 11.6 Å². The van der Waals surface area contributed by atoms with Crippen molar-refractivity contribution in [3.8, 4) is 0 Å². The second kappa shape index (κ2) is 11.7. The maximum Gasteiger partial charge on any atom is 0.330 e. The molecule has 0 aliphatic heterocycles. The Kier molecular flexibility index (Phi) is 11.1.